The first-order valence-electron chi connectivity index (χ1n) is 10.2. The average molecular weight is 424 g/mol. The highest BCUT2D eigenvalue weighted by Gasteiger charge is 2.64. The maximum atomic E-state index is 15.2. The monoisotopic (exact) mass is 424 g/mol. The molecule has 0 radical (unpaired) electrons. The number of hydrogen-bond acceptors (Lipinski definition) is 4. The molecule has 0 heterocycles. The maximum absolute atomic E-state index is 15.2. The number of rotatable bonds is 9. The highest BCUT2D eigenvalue weighted by atomic mass is 31.2. The van der Waals surface area contributed by atoms with Crippen molar-refractivity contribution in [1.29, 1.82) is 0 Å². The van der Waals surface area contributed by atoms with Gasteiger partial charge in [-0.3, -0.25) is 0 Å². The molecule has 3 aromatic rings. The summed E-state index contributed by atoms with van der Waals surface area (Å²) in [6.45, 7) is 5.68. The highest BCUT2D eigenvalue weighted by molar-refractivity contribution is 7.79. The van der Waals surface area contributed by atoms with E-state index in [0.29, 0.717) is 16.2 Å². The van der Waals surface area contributed by atoms with Gasteiger partial charge in [-0.05, 0) is 26.3 Å². The molecule has 0 bridgehead atoms. The van der Waals surface area contributed by atoms with Gasteiger partial charge in [0.05, 0.1) is 0 Å². The van der Waals surface area contributed by atoms with E-state index >= 15 is 4.57 Å². The summed E-state index contributed by atoms with van der Waals surface area (Å²) in [5, 5.41) is 13.1. The molecular formula is C25H29O4P. The summed E-state index contributed by atoms with van der Waals surface area (Å²) >= 11 is 0. The normalized spacial score (nSPS) is 14.3. The molecule has 3 aromatic carbocycles. The molecule has 0 fully saturated rings. The summed E-state index contributed by atoms with van der Waals surface area (Å²) in [5.74, 6) is 0. The van der Waals surface area contributed by atoms with Crippen LogP contribution < -0.4 is 10.6 Å². The minimum Gasteiger partial charge on any atom is -0.379 e. The Labute approximate surface area is 178 Å². The molecule has 1 atom stereocenters. The number of benzene rings is 3. The predicted molar refractivity (Wildman–Crippen MR) is 122 cm³/mol. The van der Waals surface area contributed by atoms with E-state index in [1.54, 1.807) is 19.1 Å². The second-order valence-corrected chi connectivity index (χ2v) is 10.0. The van der Waals surface area contributed by atoms with Crippen LogP contribution in [0.15, 0.2) is 91.0 Å². The van der Waals surface area contributed by atoms with Crippen LogP contribution in [-0.2, 0) is 19.6 Å². The SMILES string of the molecule is CCOC(OCC)(C(C)(O)c1ccccc1)P(=O)(c1ccccc1)c1ccccc1. The Balaban J connectivity index is 2.41. The molecule has 4 nitrogen and oxygen atoms in total. The first kappa shape index (κ1) is 22.5. The fourth-order valence-electron chi connectivity index (χ4n) is 3.91. The van der Waals surface area contributed by atoms with Gasteiger partial charge in [0.2, 0.25) is 7.14 Å². The molecule has 0 saturated heterocycles. The molecule has 3 rings (SSSR count). The molecule has 0 spiro atoms. The third-order valence-electron chi connectivity index (χ3n) is 5.29. The van der Waals surface area contributed by atoms with E-state index in [1.807, 2.05) is 92.7 Å². The van der Waals surface area contributed by atoms with Crippen molar-refractivity contribution in [2.24, 2.45) is 0 Å². The van der Waals surface area contributed by atoms with Gasteiger partial charge in [-0.1, -0.05) is 91.0 Å². The van der Waals surface area contributed by atoms with Crippen molar-refractivity contribution in [2.75, 3.05) is 13.2 Å². The van der Waals surface area contributed by atoms with Crippen molar-refractivity contribution >= 4 is 17.8 Å². The van der Waals surface area contributed by atoms with Crippen LogP contribution in [0.2, 0.25) is 0 Å². The van der Waals surface area contributed by atoms with Gasteiger partial charge in [-0.25, -0.2) is 0 Å². The summed E-state index contributed by atoms with van der Waals surface area (Å²) in [6.07, 6.45) is 0. The minimum absolute atomic E-state index is 0.215. The Hall–Kier alpha value is -2.23. The van der Waals surface area contributed by atoms with Crippen molar-refractivity contribution in [3.8, 4) is 0 Å². The van der Waals surface area contributed by atoms with Crippen molar-refractivity contribution < 1.29 is 19.1 Å². The van der Waals surface area contributed by atoms with Gasteiger partial charge < -0.3 is 19.1 Å². The van der Waals surface area contributed by atoms with Crippen molar-refractivity contribution in [1.82, 2.24) is 0 Å². The van der Waals surface area contributed by atoms with Crippen LogP contribution in [0, 0.1) is 0 Å². The second kappa shape index (κ2) is 9.28. The van der Waals surface area contributed by atoms with Gasteiger partial charge in [0.25, 0.3) is 5.53 Å². The van der Waals surface area contributed by atoms with E-state index in [2.05, 4.69) is 0 Å². The zero-order chi connectivity index (χ0) is 21.7. The lowest BCUT2D eigenvalue weighted by Gasteiger charge is -2.48. The topological polar surface area (TPSA) is 55.8 Å². The Morgan fingerprint density at radius 2 is 1.10 bits per heavy atom. The number of aliphatic hydroxyl groups is 1. The van der Waals surface area contributed by atoms with Crippen molar-refractivity contribution in [2.45, 2.75) is 31.9 Å². The number of ether oxygens (including phenoxy) is 2. The zero-order valence-corrected chi connectivity index (χ0v) is 18.6. The molecule has 0 aromatic heterocycles. The van der Waals surface area contributed by atoms with E-state index in [4.69, 9.17) is 9.47 Å². The largest absolute Gasteiger partial charge is 0.379 e. The van der Waals surface area contributed by atoms with Crippen LogP contribution in [0.3, 0.4) is 0 Å². The molecule has 0 saturated carbocycles. The van der Waals surface area contributed by atoms with E-state index in [0.717, 1.165) is 0 Å². The minimum atomic E-state index is -3.68. The lowest BCUT2D eigenvalue weighted by atomic mass is 9.95. The third-order valence-corrected chi connectivity index (χ3v) is 8.86. The summed E-state index contributed by atoms with van der Waals surface area (Å²) in [6, 6.07) is 27.5. The van der Waals surface area contributed by atoms with Gasteiger partial charge in [0.15, 0.2) is 0 Å². The molecule has 0 aliphatic rings. The summed E-state index contributed by atoms with van der Waals surface area (Å²) in [7, 11) is -3.68. The lowest BCUT2D eigenvalue weighted by molar-refractivity contribution is -0.266. The van der Waals surface area contributed by atoms with E-state index < -0.39 is 18.3 Å². The smallest absolute Gasteiger partial charge is 0.264 e. The van der Waals surface area contributed by atoms with Crippen LogP contribution in [0.5, 0.6) is 0 Å². The first-order valence-corrected chi connectivity index (χ1v) is 11.9. The first-order chi connectivity index (χ1) is 14.4. The third kappa shape index (κ3) is 3.66. The van der Waals surface area contributed by atoms with Gasteiger partial charge in [-0.2, -0.15) is 0 Å². The fourth-order valence-corrected chi connectivity index (χ4v) is 7.44. The maximum Gasteiger partial charge on any atom is 0.264 e. The van der Waals surface area contributed by atoms with E-state index in [9.17, 15) is 5.11 Å². The summed E-state index contributed by atoms with van der Waals surface area (Å²) < 4.78 is 27.7. The molecule has 1 unspecified atom stereocenters. The number of hydrogen-bond donors (Lipinski definition) is 1. The van der Waals surface area contributed by atoms with Gasteiger partial charge in [-0.15, -0.1) is 0 Å². The highest BCUT2D eigenvalue weighted by Crippen LogP contribution is 2.64. The molecule has 158 valence electrons. The standard InChI is InChI=1S/C25H29O4P/c1-4-28-25(29-5-2,24(3,26)21-15-9-6-10-16-21)30(27,22-17-11-7-12-18-22)23-19-13-8-14-20-23/h6-20,26H,4-5H2,1-3H3. The Kier molecular flexibility index (Phi) is 6.95. The van der Waals surface area contributed by atoms with Crippen molar-refractivity contribution in [3.05, 3.63) is 96.6 Å². The zero-order valence-electron chi connectivity index (χ0n) is 17.7. The fraction of sp³-hybridized carbons (Fsp3) is 0.280. The second-order valence-electron chi connectivity index (χ2n) is 7.17. The molecule has 1 N–H and O–H groups in total. The molecule has 0 amide bonds. The average Bonchev–Trinajstić information content (AvgIpc) is 2.80. The molecule has 30 heavy (non-hydrogen) atoms. The van der Waals surface area contributed by atoms with Gasteiger partial charge >= 0.3 is 0 Å². The van der Waals surface area contributed by atoms with Crippen LogP contribution >= 0.6 is 7.14 Å². The molecule has 0 aliphatic heterocycles. The Morgan fingerprint density at radius 1 is 0.733 bits per heavy atom. The van der Waals surface area contributed by atoms with Crippen LogP contribution in [0.4, 0.5) is 0 Å². The Bertz CT molecular complexity index is 922. The summed E-state index contributed by atoms with van der Waals surface area (Å²) in [5.41, 5.74) is -2.96. The lowest BCUT2D eigenvalue weighted by Crippen LogP contribution is -2.57. The van der Waals surface area contributed by atoms with Crippen LogP contribution in [0.1, 0.15) is 26.3 Å². The Morgan fingerprint density at radius 3 is 1.47 bits per heavy atom. The quantitative estimate of drug-likeness (QED) is 0.402. The molecule has 5 heteroatoms. The van der Waals surface area contributed by atoms with E-state index in [-0.39, 0.29) is 13.2 Å². The van der Waals surface area contributed by atoms with Gasteiger partial charge in [0.1, 0.15) is 5.60 Å². The van der Waals surface area contributed by atoms with Crippen LogP contribution in [-0.4, -0.2) is 23.8 Å². The van der Waals surface area contributed by atoms with Crippen LogP contribution in [0.25, 0.3) is 0 Å². The summed E-state index contributed by atoms with van der Waals surface area (Å²) in [4.78, 5) is 0. The van der Waals surface area contributed by atoms with Gasteiger partial charge in [0, 0.05) is 23.8 Å². The molecular weight excluding hydrogens is 395 g/mol. The molecule has 0 aliphatic carbocycles. The predicted octanol–water partition coefficient (Wildman–Crippen LogP) is 4.64. The van der Waals surface area contributed by atoms with E-state index in [1.165, 1.54) is 0 Å². The van der Waals surface area contributed by atoms with Crippen molar-refractivity contribution in [3.63, 3.8) is 0 Å².